The Kier molecular flexibility index (Phi) is 5.48. The fourth-order valence-corrected chi connectivity index (χ4v) is 4.01. The van der Waals surface area contributed by atoms with E-state index in [9.17, 15) is 14.7 Å². The van der Waals surface area contributed by atoms with Gasteiger partial charge in [-0.25, -0.2) is 9.59 Å². The maximum Gasteiger partial charge on any atom is 0.407 e. The van der Waals surface area contributed by atoms with Crippen molar-refractivity contribution in [1.29, 1.82) is 0 Å². The zero-order valence-corrected chi connectivity index (χ0v) is 15.7. The fraction of sp³-hybridized carbons (Fsp3) is 0.455. The van der Waals surface area contributed by atoms with Crippen LogP contribution in [0.4, 0.5) is 4.79 Å². The highest BCUT2D eigenvalue weighted by Crippen LogP contribution is 2.46. The van der Waals surface area contributed by atoms with E-state index in [-0.39, 0.29) is 25.2 Å². The lowest BCUT2D eigenvalue weighted by Crippen LogP contribution is -2.45. The van der Waals surface area contributed by atoms with E-state index in [1.54, 1.807) is 0 Å². The van der Waals surface area contributed by atoms with Crippen molar-refractivity contribution < 1.29 is 24.2 Å². The summed E-state index contributed by atoms with van der Waals surface area (Å²) < 4.78 is 11.0. The molecule has 0 saturated heterocycles. The van der Waals surface area contributed by atoms with Crippen LogP contribution in [0.3, 0.4) is 0 Å². The number of amides is 1. The summed E-state index contributed by atoms with van der Waals surface area (Å²) in [4.78, 5) is 23.6. The molecule has 2 unspecified atom stereocenters. The number of ether oxygens (including phenoxy) is 2. The first-order valence-electron chi connectivity index (χ1n) is 9.90. The second kappa shape index (κ2) is 8.19. The highest BCUT2D eigenvalue weighted by Gasteiger charge is 2.32. The van der Waals surface area contributed by atoms with Gasteiger partial charge in [0.2, 0.25) is 0 Å². The van der Waals surface area contributed by atoms with Crippen LogP contribution in [-0.4, -0.2) is 42.5 Å². The quantitative estimate of drug-likeness (QED) is 0.751. The van der Waals surface area contributed by atoms with Gasteiger partial charge in [-0.15, -0.1) is 0 Å². The van der Waals surface area contributed by atoms with Crippen LogP contribution in [0.2, 0.25) is 0 Å². The molecule has 4 rings (SSSR count). The predicted octanol–water partition coefficient (Wildman–Crippen LogP) is 3.64. The maximum absolute atomic E-state index is 12.2. The van der Waals surface area contributed by atoms with Gasteiger partial charge in [0.15, 0.2) is 6.04 Å². The molecule has 0 radical (unpaired) electrons. The first kappa shape index (κ1) is 18.7. The number of fused-ring (bicyclic) bond motifs is 2. The lowest BCUT2D eigenvalue weighted by molar-refractivity contribution is -0.142. The number of hydrogen-bond donors (Lipinski definition) is 2. The summed E-state index contributed by atoms with van der Waals surface area (Å²) in [6.07, 6.45) is 8.66. The molecule has 2 atom stereocenters. The number of carboxylic acids is 1. The first-order valence-corrected chi connectivity index (χ1v) is 9.90. The normalized spacial score (nSPS) is 21.5. The van der Waals surface area contributed by atoms with Gasteiger partial charge in [0.1, 0.15) is 6.61 Å². The minimum absolute atomic E-state index is 0.0111. The van der Waals surface area contributed by atoms with Crippen molar-refractivity contribution in [2.24, 2.45) is 0 Å². The third kappa shape index (κ3) is 3.83. The van der Waals surface area contributed by atoms with Crippen LogP contribution in [0, 0.1) is 0 Å². The number of alkyl carbamates (subject to hydrolysis) is 1. The summed E-state index contributed by atoms with van der Waals surface area (Å²) in [6, 6.07) is 7.10. The molecule has 1 fully saturated rings. The van der Waals surface area contributed by atoms with Crippen LogP contribution in [0.25, 0.3) is 5.57 Å². The summed E-state index contributed by atoms with van der Waals surface area (Å²) in [6.45, 7) is 0.140. The molecule has 6 nitrogen and oxygen atoms in total. The van der Waals surface area contributed by atoms with E-state index in [0.29, 0.717) is 0 Å². The molecule has 0 spiro atoms. The maximum atomic E-state index is 12.2. The monoisotopic (exact) mass is 383 g/mol. The van der Waals surface area contributed by atoms with E-state index in [4.69, 9.17) is 9.47 Å². The van der Waals surface area contributed by atoms with Crippen molar-refractivity contribution in [3.63, 3.8) is 0 Å². The Morgan fingerprint density at radius 3 is 2.82 bits per heavy atom. The van der Waals surface area contributed by atoms with Gasteiger partial charge < -0.3 is 19.9 Å². The van der Waals surface area contributed by atoms with Crippen molar-refractivity contribution in [1.82, 2.24) is 5.32 Å². The number of allylic oxidation sites excluding steroid dienone is 3. The number of carboxylic acid groups (broad SMARTS) is 1. The second-order valence-corrected chi connectivity index (χ2v) is 7.53. The molecule has 0 bridgehead atoms. The largest absolute Gasteiger partial charge is 0.480 e. The molecule has 0 aliphatic heterocycles. The molecule has 148 valence electrons. The third-order valence-electron chi connectivity index (χ3n) is 5.77. The van der Waals surface area contributed by atoms with Gasteiger partial charge in [0.25, 0.3) is 0 Å². The van der Waals surface area contributed by atoms with E-state index < -0.39 is 18.1 Å². The lowest BCUT2D eigenvalue weighted by atomic mass is 9.93. The molecule has 2 N–H and O–H groups in total. The topological polar surface area (TPSA) is 84.9 Å². The van der Waals surface area contributed by atoms with E-state index in [0.717, 1.165) is 37.7 Å². The van der Waals surface area contributed by atoms with Gasteiger partial charge >= 0.3 is 12.1 Å². The highest BCUT2D eigenvalue weighted by molar-refractivity contribution is 5.82. The van der Waals surface area contributed by atoms with Gasteiger partial charge in [-0.1, -0.05) is 36.4 Å². The minimum atomic E-state index is -1.12. The molecule has 1 amide bonds. The van der Waals surface area contributed by atoms with Gasteiger partial charge in [0, 0.05) is 5.92 Å². The first-order chi connectivity index (χ1) is 13.6. The van der Waals surface area contributed by atoms with Crippen LogP contribution in [0.15, 0.2) is 42.0 Å². The Bertz CT molecular complexity index is 824. The molecule has 1 saturated carbocycles. The summed E-state index contributed by atoms with van der Waals surface area (Å²) in [5.74, 6) is -1.13. The number of hydrogen-bond acceptors (Lipinski definition) is 4. The highest BCUT2D eigenvalue weighted by atomic mass is 16.6. The van der Waals surface area contributed by atoms with Gasteiger partial charge in [0.05, 0.1) is 12.7 Å². The number of aliphatic carboxylic acids is 1. The Morgan fingerprint density at radius 2 is 2.07 bits per heavy atom. The van der Waals surface area contributed by atoms with E-state index in [1.807, 2.05) is 12.1 Å². The van der Waals surface area contributed by atoms with Crippen molar-refractivity contribution in [2.75, 3.05) is 13.2 Å². The zero-order chi connectivity index (χ0) is 19.5. The average Bonchev–Trinajstić information content (AvgIpc) is 2.98. The molecule has 6 heteroatoms. The number of rotatable bonds is 7. The van der Waals surface area contributed by atoms with Crippen LogP contribution in [0.5, 0.6) is 0 Å². The number of carbonyl (C=O) groups is 2. The zero-order valence-electron chi connectivity index (χ0n) is 15.7. The Hall–Kier alpha value is -2.60. The molecule has 0 heterocycles. The van der Waals surface area contributed by atoms with Gasteiger partial charge in [-0.05, 0) is 54.4 Å². The van der Waals surface area contributed by atoms with Crippen LogP contribution < -0.4 is 5.32 Å². The molecule has 3 aliphatic rings. The van der Waals surface area contributed by atoms with Crippen LogP contribution in [-0.2, 0) is 14.3 Å². The molecule has 0 aromatic heterocycles. The van der Waals surface area contributed by atoms with E-state index in [2.05, 4.69) is 29.6 Å². The Balaban J connectivity index is 1.36. The van der Waals surface area contributed by atoms with E-state index >= 15 is 0 Å². The van der Waals surface area contributed by atoms with E-state index in [1.165, 1.54) is 16.7 Å². The third-order valence-corrected chi connectivity index (χ3v) is 5.77. The second-order valence-electron chi connectivity index (χ2n) is 7.53. The number of nitrogens with one attached hydrogen (secondary N) is 1. The number of carbonyl (C=O) groups excluding carboxylic acids is 1. The van der Waals surface area contributed by atoms with Crippen molar-refractivity contribution in [2.45, 2.75) is 50.2 Å². The predicted molar refractivity (Wildman–Crippen MR) is 104 cm³/mol. The standard InChI is InChI=1S/C22H25NO5/c24-21(25)20(13-27-14-6-5-7-14)23-22(26)28-12-19-17-10-3-1-8-15(17)16-9-2-4-11-18(16)19/h1,3-4,8,10-11,14,19-20H,2,5-7,9,12-13H2,(H,23,26)(H,24,25). The summed E-state index contributed by atoms with van der Waals surface area (Å²) in [5, 5.41) is 11.7. The van der Waals surface area contributed by atoms with Crippen LogP contribution in [0.1, 0.15) is 49.1 Å². The van der Waals surface area contributed by atoms with Crippen LogP contribution >= 0.6 is 0 Å². The summed E-state index contributed by atoms with van der Waals surface area (Å²) >= 11 is 0. The van der Waals surface area contributed by atoms with Gasteiger partial charge in [-0.3, -0.25) is 0 Å². The fourth-order valence-electron chi connectivity index (χ4n) is 4.01. The van der Waals surface area contributed by atoms with Crippen molar-refractivity contribution >= 4 is 17.6 Å². The Labute approximate surface area is 164 Å². The molecule has 3 aliphatic carbocycles. The van der Waals surface area contributed by atoms with Crippen molar-refractivity contribution in [3.05, 3.63) is 53.1 Å². The molecular weight excluding hydrogens is 358 g/mol. The summed E-state index contributed by atoms with van der Waals surface area (Å²) in [5.41, 5.74) is 4.91. The van der Waals surface area contributed by atoms with Gasteiger partial charge in [-0.2, -0.15) is 0 Å². The minimum Gasteiger partial charge on any atom is -0.480 e. The number of benzene rings is 1. The average molecular weight is 383 g/mol. The SMILES string of the molecule is O=C(NC(COC1CCC1)C(=O)O)OCC1C2=C(CCC=C2)c2ccccc21. The van der Waals surface area contributed by atoms with Crippen molar-refractivity contribution in [3.8, 4) is 0 Å². The Morgan fingerprint density at radius 1 is 1.25 bits per heavy atom. The smallest absolute Gasteiger partial charge is 0.407 e. The lowest BCUT2D eigenvalue weighted by Gasteiger charge is -2.27. The molecule has 28 heavy (non-hydrogen) atoms. The molecule has 1 aromatic rings. The molecule has 1 aromatic carbocycles. The summed E-state index contributed by atoms with van der Waals surface area (Å²) in [7, 11) is 0. The molecular formula is C22H25NO5.